The first-order valence-electron chi connectivity index (χ1n) is 7.52. The van der Waals surface area contributed by atoms with Gasteiger partial charge in [0.1, 0.15) is 11.5 Å². The lowest BCUT2D eigenvalue weighted by atomic mass is 10.0. The number of hydrogen-bond acceptors (Lipinski definition) is 5. The third-order valence-corrected chi connectivity index (χ3v) is 3.46. The van der Waals surface area contributed by atoms with Crippen LogP contribution in [0.3, 0.4) is 0 Å². The molecule has 1 heterocycles. The standard InChI is InChI=1S/C19H17N3O2/c23-16-9-10-17(19(24)13-16)18(12-15-8-4-5-11-20-15)22-21-14-6-2-1-3-7-14/h1-11,13,21,23-24H,12H2. The smallest absolute Gasteiger partial charge is 0.128 e. The van der Waals surface area contributed by atoms with Gasteiger partial charge in [-0.25, -0.2) is 0 Å². The molecule has 1 aromatic heterocycles. The zero-order valence-corrected chi connectivity index (χ0v) is 12.9. The molecule has 120 valence electrons. The molecule has 2 aromatic carbocycles. The number of pyridine rings is 1. The average molecular weight is 319 g/mol. The Kier molecular flexibility index (Phi) is 4.72. The largest absolute Gasteiger partial charge is 0.508 e. The van der Waals surface area contributed by atoms with Crippen LogP contribution in [0.5, 0.6) is 11.5 Å². The first kappa shape index (κ1) is 15.6. The molecule has 3 N–H and O–H groups in total. The van der Waals surface area contributed by atoms with Crippen LogP contribution in [0.1, 0.15) is 11.3 Å². The predicted molar refractivity (Wildman–Crippen MR) is 94.3 cm³/mol. The van der Waals surface area contributed by atoms with Gasteiger partial charge in [0.05, 0.1) is 11.4 Å². The van der Waals surface area contributed by atoms with Crippen molar-refractivity contribution in [3.05, 3.63) is 84.2 Å². The van der Waals surface area contributed by atoms with Crippen molar-refractivity contribution < 1.29 is 10.2 Å². The van der Waals surface area contributed by atoms with E-state index < -0.39 is 0 Å². The maximum absolute atomic E-state index is 10.1. The fourth-order valence-electron chi connectivity index (χ4n) is 2.28. The van der Waals surface area contributed by atoms with E-state index in [1.807, 2.05) is 48.5 Å². The van der Waals surface area contributed by atoms with Crippen molar-refractivity contribution in [2.75, 3.05) is 5.43 Å². The zero-order chi connectivity index (χ0) is 16.8. The molecule has 0 fully saturated rings. The zero-order valence-electron chi connectivity index (χ0n) is 12.9. The van der Waals surface area contributed by atoms with E-state index in [4.69, 9.17) is 0 Å². The predicted octanol–water partition coefficient (Wildman–Crippen LogP) is 3.55. The van der Waals surface area contributed by atoms with Gasteiger partial charge >= 0.3 is 0 Å². The van der Waals surface area contributed by atoms with Gasteiger partial charge in [0.15, 0.2) is 0 Å². The van der Waals surface area contributed by atoms with Crippen LogP contribution < -0.4 is 5.43 Å². The second-order valence-electron chi connectivity index (χ2n) is 5.24. The topological polar surface area (TPSA) is 77.7 Å². The molecule has 3 rings (SSSR count). The Morgan fingerprint density at radius 1 is 0.958 bits per heavy atom. The monoisotopic (exact) mass is 319 g/mol. The summed E-state index contributed by atoms with van der Waals surface area (Å²) in [6.45, 7) is 0. The quantitative estimate of drug-likeness (QED) is 0.496. The minimum atomic E-state index is -0.0282. The highest BCUT2D eigenvalue weighted by Crippen LogP contribution is 2.24. The van der Waals surface area contributed by atoms with Gasteiger partial charge in [-0.1, -0.05) is 24.3 Å². The van der Waals surface area contributed by atoms with Crippen LogP contribution in [-0.2, 0) is 6.42 Å². The number of hydrogen-bond donors (Lipinski definition) is 3. The van der Waals surface area contributed by atoms with Crippen LogP contribution in [0.4, 0.5) is 5.69 Å². The Labute approximate surface area is 139 Å². The van der Waals surface area contributed by atoms with Gasteiger partial charge in [0.2, 0.25) is 0 Å². The molecule has 0 bridgehead atoms. The maximum atomic E-state index is 10.1. The van der Waals surface area contributed by atoms with Crippen molar-refractivity contribution in [1.82, 2.24) is 4.98 Å². The van der Waals surface area contributed by atoms with E-state index in [0.717, 1.165) is 11.4 Å². The number of para-hydroxylation sites is 1. The number of phenolic OH excluding ortho intramolecular Hbond substituents is 2. The summed E-state index contributed by atoms with van der Waals surface area (Å²) in [5.41, 5.74) is 5.83. The van der Waals surface area contributed by atoms with Crippen LogP contribution in [-0.4, -0.2) is 20.9 Å². The van der Waals surface area contributed by atoms with Crippen LogP contribution >= 0.6 is 0 Å². The Morgan fingerprint density at radius 2 is 1.75 bits per heavy atom. The van der Waals surface area contributed by atoms with E-state index >= 15 is 0 Å². The Bertz CT molecular complexity index is 834. The minimum absolute atomic E-state index is 0.00412. The Morgan fingerprint density at radius 3 is 2.46 bits per heavy atom. The third kappa shape index (κ3) is 3.89. The van der Waals surface area contributed by atoms with Gasteiger partial charge in [0, 0.05) is 29.9 Å². The molecule has 0 radical (unpaired) electrons. The molecule has 0 amide bonds. The Balaban J connectivity index is 1.93. The molecule has 3 aromatic rings. The number of aromatic hydroxyl groups is 2. The molecule has 24 heavy (non-hydrogen) atoms. The van der Waals surface area contributed by atoms with Gasteiger partial charge in [-0.2, -0.15) is 5.10 Å². The highest BCUT2D eigenvalue weighted by atomic mass is 16.3. The number of benzene rings is 2. The molecule has 0 atom stereocenters. The fourth-order valence-corrected chi connectivity index (χ4v) is 2.28. The summed E-state index contributed by atoms with van der Waals surface area (Å²) >= 11 is 0. The third-order valence-electron chi connectivity index (χ3n) is 3.46. The fraction of sp³-hybridized carbons (Fsp3) is 0.0526. The number of nitrogens with one attached hydrogen (secondary N) is 1. The molecule has 0 spiro atoms. The minimum Gasteiger partial charge on any atom is -0.508 e. The van der Waals surface area contributed by atoms with Crippen LogP contribution in [0.25, 0.3) is 0 Å². The van der Waals surface area contributed by atoms with Gasteiger partial charge < -0.3 is 10.2 Å². The highest BCUT2D eigenvalue weighted by molar-refractivity contribution is 6.04. The van der Waals surface area contributed by atoms with Crippen LogP contribution in [0.15, 0.2) is 78.0 Å². The van der Waals surface area contributed by atoms with E-state index in [-0.39, 0.29) is 11.5 Å². The molecule has 5 nitrogen and oxygen atoms in total. The second kappa shape index (κ2) is 7.28. The number of rotatable bonds is 5. The van der Waals surface area contributed by atoms with Crippen LogP contribution in [0, 0.1) is 0 Å². The highest BCUT2D eigenvalue weighted by Gasteiger charge is 2.12. The van der Waals surface area contributed by atoms with E-state index in [1.54, 1.807) is 12.3 Å². The van der Waals surface area contributed by atoms with Gasteiger partial charge in [-0.3, -0.25) is 10.4 Å². The molecule has 0 unspecified atom stereocenters. The molecular weight excluding hydrogens is 302 g/mol. The van der Waals surface area contributed by atoms with E-state index in [1.165, 1.54) is 12.1 Å². The van der Waals surface area contributed by atoms with E-state index in [2.05, 4.69) is 15.5 Å². The van der Waals surface area contributed by atoms with Crippen molar-refractivity contribution in [2.45, 2.75) is 6.42 Å². The van der Waals surface area contributed by atoms with Gasteiger partial charge in [-0.05, 0) is 36.4 Å². The number of phenols is 2. The lowest BCUT2D eigenvalue weighted by Gasteiger charge is -2.10. The first-order valence-corrected chi connectivity index (χ1v) is 7.52. The van der Waals surface area contributed by atoms with E-state index in [0.29, 0.717) is 17.7 Å². The summed E-state index contributed by atoms with van der Waals surface area (Å²) in [5.74, 6) is -0.0241. The molecule has 0 saturated carbocycles. The van der Waals surface area contributed by atoms with Crippen molar-refractivity contribution in [3.63, 3.8) is 0 Å². The molecule has 5 heteroatoms. The maximum Gasteiger partial charge on any atom is 0.128 e. The molecule has 0 aliphatic rings. The van der Waals surface area contributed by atoms with E-state index in [9.17, 15) is 10.2 Å². The number of anilines is 1. The molecule has 0 saturated heterocycles. The first-order chi connectivity index (χ1) is 11.7. The molecular formula is C19H17N3O2. The summed E-state index contributed by atoms with van der Waals surface area (Å²) in [6.07, 6.45) is 2.16. The average Bonchev–Trinajstić information content (AvgIpc) is 2.61. The SMILES string of the molecule is Oc1ccc(C(Cc2ccccn2)=NNc2ccccc2)c(O)c1. The number of hydrazone groups is 1. The van der Waals surface area contributed by atoms with Gasteiger partial charge in [0.25, 0.3) is 0 Å². The summed E-state index contributed by atoms with van der Waals surface area (Å²) in [4.78, 5) is 4.31. The normalized spacial score (nSPS) is 11.2. The summed E-state index contributed by atoms with van der Waals surface area (Å²) in [6, 6.07) is 19.7. The lowest BCUT2D eigenvalue weighted by Crippen LogP contribution is -2.09. The van der Waals surface area contributed by atoms with Gasteiger partial charge in [-0.15, -0.1) is 0 Å². The van der Waals surface area contributed by atoms with Crippen molar-refractivity contribution in [1.29, 1.82) is 0 Å². The number of aromatic nitrogens is 1. The molecule has 0 aliphatic carbocycles. The lowest BCUT2D eigenvalue weighted by molar-refractivity contribution is 0.450. The Hall–Kier alpha value is -3.34. The molecule has 0 aliphatic heterocycles. The number of nitrogens with zero attached hydrogens (tertiary/aromatic N) is 2. The summed E-state index contributed by atoms with van der Waals surface area (Å²) in [7, 11) is 0. The van der Waals surface area contributed by atoms with Crippen molar-refractivity contribution in [2.24, 2.45) is 5.10 Å². The van der Waals surface area contributed by atoms with Crippen molar-refractivity contribution in [3.8, 4) is 11.5 Å². The van der Waals surface area contributed by atoms with Crippen LogP contribution in [0.2, 0.25) is 0 Å². The van der Waals surface area contributed by atoms with Crippen molar-refractivity contribution >= 4 is 11.4 Å². The summed E-state index contributed by atoms with van der Waals surface area (Å²) in [5, 5.41) is 24.1. The summed E-state index contributed by atoms with van der Waals surface area (Å²) < 4.78 is 0. The second-order valence-corrected chi connectivity index (χ2v) is 5.24.